The second-order valence-electron chi connectivity index (χ2n) is 4.14. The van der Waals surface area contributed by atoms with E-state index in [-0.39, 0.29) is 5.97 Å². The van der Waals surface area contributed by atoms with Crippen LogP contribution in [0.4, 0.5) is 0 Å². The van der Waals surface area contributed by atoms with E-state index in [1.807, 2.05) is 31.2 Å². The van der Waals surface area contributed by atoms with Crippen molar-refractivity contribution in [2.75, 3.05) is 14.2 Å². The average Bonchev–Trinajstić information content (AvgIpc) is 2.80. The summed E-state index contributed by atoms with van der Waals surface area (Å²) in [5.74, 6) is 0.453. The molecular weight excluding hydrogens is 244 g/mol. The maximum atomic E-state index is 11.5. The van der Waals surface area contributed by atoms with Crippen molar-refractivity contribution in [1.82, 2.24) is 9.78 Å². The fraction of sp³-hybridized carbons (Fsp3) is 0.286. The molecule has 5 nitrogen and oxygen atoms in total. The average molecular weight is 260 g/mol. The van der Waals surface area contributed by atoms with E-state index < -0.39 is 0 Å². The van der Waals surface area contributed by atoms with Crippen LogP contribution in [0.1, 0.15) is 21.6 Å². The third-order valence-corrected chi connectivity index (χ3v) is 3.00. The number of hydrogen-bond donors (Lipinski definition) is 0. The molecule has 0 saturated heterocycles. The first-order valence-electron chi connectivity index (χ1n) is 5.89. The highest BCUT2D eigenvalue weighted by Gasteiger charge is 2.14. The normalized spacial score (nSPS) is 10.3. The smallest absolute Gasteiger partial charge is 0.341 e. The van der Waals surface area contributed by atoms with E-state index in [1.54, 1.807) is 11.8 Å². The van der Waals surface area contributed by atoms with Gasteiger partial charge in [0.1, 0.15) is 11.3 Å². The number of aromatic nitrogens is 2. The highest BCUT2D eigenvalue weighted by Crippen LogP contribution is 2.14. The van der Waals surface area contributed by atoms with Crippen LogP contribution in [0.25, 0.3) is 0 Å². The lowest BCUT2D eigenvalue weighted by Crippen LogP contribution is -2.07. The predicted molar refractivity (Wildman–Crippen MR) is 70.4 cm³/mol. The van der Waals surface area contributed by atoms with Crippen LogP contribution < -0.4 is 4.74 Å². The van der Waals surface area contributed by atoms with E-state index in [1.165, 1.54) is 13.3 Å². The van der Waals surface area contributed by atoms with Gasteiger partial charge in [0.05, 0.1) is 32.7 Å². The summed E-state index contributed by atoms with van der Waals surface area (Å²) in [5, 5.41) is 4.21. The highest BCUT2D eigenvalue weighted by molar-refractivity contribution is 5.90. The standard InChI is InChI=1S/C14H16N2O3/c1-10-13(14(17)19-3)8-15-16(10)9-11-4-6-12(18-2)7-5-11/h4-8H,9H2,1-3H3. The van der Waals surface area contributed by atoms with Crippen LogP contribution in [0.3, 0.4) is 0 Å². The van der Waals surface area contributed by atoms with Gasteiger partial charge in [-0.2, -0.15) is 5.10 Å². The van der Waals surface area contributed by atoms with Gasteiger partial charge in [-0.15, -0.1) is 0 Å². The minimum atomic E-state index is -0.363. The molecule has 1 aromatic heterocycles. The predicted octanol–water partition coefficient (Wildman–Crippen LogP) is 2.04. The number of esters is 1. The van der Waals surface area contributed by atoms with Gasteiger partial charge in [-0.25, -0.2) is 4.79 Å². The van der Waals surface area contributed by atoms with Gasteiger partial charge >= 0.3 is 5.97 Å². The SMILES string of the molecule is COC(=O)c1cnn(Cc2ccc(OC)cc2)c1C. The number of rotatable bonds is 4. The zero-order valence-electron chi connectivity index (χ0n) is 11.2. The molecule has 2 aromatic rings. The molecule has 0 unspecified atom stereocenters. The Kier molecular flexibility index (Phi) is 3.85. The Morgan fingerprint density at radius 2 is 1.95 bits per heavy atom. The van der Waals surface area contributed by atoms with Crippen molar-refractivity contribution >= 4 is 5.97 Å². The minimum Gasteiger partial charge on any atom is -0.497 e. The third-order valence-electron chi connectivity index (χ3n) is 3.00. The number of methoxy groups -OCH3 is 2. The summed E-state index contributed by atoms with van der Waals surface area (Å²) in [6.45, 7) is 2.45. The molecule has 1 aromatic carbocycles. The van der Waals surface area contributed by atoms with Crippen LogP contribution in [-0.4, -0.2) is 30.0 Å². The lowest BCUT2D eigenvalue weighted by Gasteiger charge is -2.06. The zero-order valence-corrected chi connectivity index (χ0v) is 11.2. The monoisotopic (exact) mass is 260 g/mol. The quantitative estimate of drug-likeness (QED) is 0.789. The summed E-state index contributed by atoms with van der Waals surface area (Å²) in [6, 6.07) is 7.74. The summed E-state index contributed by atoms with van der Waals surface area (Å²) in [6.07, 6.45) is 1.53. The van der Waals surface area contributed by atoms with E-state index in [0.717, 1.165) is 17.0 Å². The first kappa shape index (κ1) is 13.1. The first-order valence-corrected chi connectivity index (χ1v) is 5.89. The van der Waals surface area contributed by atoms with E-state index in [0.29, 0.717) is 12.1 Å². The maximum Gasteiger partial charge on any atom is 0.341 e. The zero-order chi connectivity index (χ0) is 13.8. The van der Waals surface area contributed by atoms with Gasteiger partial charge in [0, 0.05) is 0 Å². The Balaban J connectivity index is 2.19. The largest absolute Gasteiger partial charge is 0.497 e. The molecule has 0 N–H and O–H groups in total. The molecule has 2 rings (SSSR count). The van der Waals surface area contributed by atoms with Crippen molar-refractivity contribution in [3.63, 3.8) is 0 Å². The second-order valence-corrected chi connectivity index (χ2v) is 4.14. The number of hydrogen-bond acceptors (Lipinski definition) is 4. The molecule has 19 heavy (non-hydrogen) atoms. The molecule has 1 heterocycles. The van der Waals surface area contributed by atoms with Crippen LogP contribution in [0.5, 0.6) is 5.75 Å². The van der Waals surface area contributed by atoms with Crippen molar-refractivity contribution in [3.8, 4) is 5.75 Å². The molecule has 0 bridgehead atoms. The third kappa shape index (κ3) is 2.76. The van der Waals surface area contributed by atoms with Crippen molar-refractivity contribution in [2.24, 2.45) is 0 Å². The number of carbonyl (C=O) groups is 1. The summed E-state index contributed by atoms with van der Waals surface area (Å²) >= 11 is 0. The van der Waals surface area contributed by atoms with E-state index in [2.05, 4.69) is 5.10 Å². The molecule has 5 heteroatoms. The molecule has 0 saturated carbocycles. The van der Waals surface area contributed by atoms with Crippen molar-refractivity contribution in [1.29, 1.82) is 0 Å². The molecule has 0 radical (unpaired) electrons. The van der Waals surface area contributed by atoms with Gasteiger partial charge in [0.25, 0.3) is 0 Å². The van der Waals surface area contributed by atoms with Gasteiger partial charge in [0.15, 0.2) is 0 Å². The van der Waals surface area contributed by atoms with Crippen LogP contribution in [0.2, 0.25) is 0 Å². The molecule has 0 fully saturated rings. The lowest BCUT2D eigenvalue weighted by atomic mass is 10.2. The maximum absolute atomic E-state index is 11.5. The van der Waals surface area contributed by atoms with Crippen molar-refractivity contribution < 1.29 is 14.3 Å². The fourth-order valence-electron chi connectivity index (χ4n) is 1.82. The number of nitrogens with zero attached hydrogens (tertiary/aromatic N) is 2. The van der Waals surface area contributed by atoms with Crippen LogP contribution in [0, 0.1) is 6.92 Å². The topological polar surface area (TPSA) is 53.3 Å². The van der Waals surface area contributed by atoms with E-state index in [4.69, 9.17) is 9.47 Å². The molecule has 0 amide bonds. The number of ether oxygens (including phenoxy) is 2. The second kappa shape index (κ2) is 5.56. The fourth-order valence-corrected chi connectivity index (χ4v) is 1.82. The molecule has 0 aliphatic carbocycles. The Morgan fingerprint density at radius 1 is 1.26 bits per heavy atom. The number of benzene rings is 1. The molecule has 0 aliphatic rings. The summed E-state index contributed by atoms with van der Waals surface area (Å²) in [4.78, 5) is 11.5. The van der Waals surface area contributed by atoms with Crippen LogP contribution in [-0.2, 0) is 11.3 Å². The van der Waals surface area contributed by atoms with Gasteiger partial charge in [0.2, 0.25) is 0 Å². The van der Waals surface area contributed by atoms with E-state index in [9.17, 15) is 4.79 Å². The molecule has 0 spiro atoms. The molecular formula is C14H16N2O3. The van der Waals surface area contributed by atoms with Gasteiger partial charge in [-0.1, -0.05) is 12.1 Å². The Labute approximate surface area is 111 Å². The Bertz CT molecular complexity index is 573. The highest BCUT2D eigenvalue weighted by atomic mass is 16.5. The molecule has 100 valence electrons. The lowest BCUT2D eigenvalue weighted by molar-refractivity contribution is 0.0599. The minimum absolute atomic E-state index is 0.363. The van der Waals surface area contributed by atoms with Gasteiger partial charge < -0.3 is 9.47 Å². The molecule has 0 aliphatic heterocycles. The van der Waals surface area contributed by atoms with Crippen LogP contribution >= 0.6 is 0 Å². The van der Waals surface area contributed by atoms with Crippen LogP contribution in [0.15, 0.2) is 30.5 Å². The molecule has 0 atom stereocenters. The number of carbonyl (C=O) groups excluding carboxylic acids is 1. The van der Waals surface area contributed by atoms with Crippen molar-refractivity contribution in [3.05, 3.63) is 47.3 Å². The first-order chi connectivity index (χ1) is 9.15. The van der Waals surface area contributed by atoms with Gasteiger partial charge in [-0.3, -0.25) is 4.68 Å². The summed E-state index contributed by atoms with van der Waals surface area (Å²) < 4.78 is 11.6. The Morgan fingerprint density at radius 3 is 2.53 bits per heavy atom. The van der Waals surface area contributed by atoms with E-state index >= 15 is 0 Å². The van der Waals surface area contributed by atoms with Crippen molar-refractivity contribution in [2.45, 2.75) is 13.5 Å². The summed E-state index contributed by atoms with van der Waals surface area (Å²) in [7, 11) is 3.00. The van der Waals surface area contributed by atoms with Gasteiger partial charge in [-0.05, 0) is 24.6 Å². The summed E-state index contributed by atoms with van der Waals surface area (Å²) in [5.41, 5.74) is 2.38. The Hall–Kier alpha value is -2.30.